The fourth-order valence-electron chi connectivity index (χ4n) is 4.40. The molecule has 1 aliphatic rings. The predicted octanol–water partition coefficient (Wildman–Crippen LogP) is 3.49. The fraction of sp³-hybridized carbons (Fsp3) is 0.500. The number of likely N-dealkylation sites (N-methyl/N-ethyl adjacent to an activating group) is 1. The lowest BCUT2D eigenvalue weighted by Gasteiger charge is -2.28. The van der Waals surface area contributed by atoms with Crippen molar-refractivity contribution in [3.05, 3.63) is 59.8 Å². The molecule has 0 bridgehead atoms. The zero-order valence-corrected chi connectivity index (χ0v) is 19.6. The van der Waals surface area contributed by atoms with Crippen LogP contribution < -0.4 is 10.6 Å². The lowest BCUT2D eigenvalue weighted by molar-refractivity contribution is -0.125. The van der Waals surface area contributed by atoms with Crippen LogP contribution in [0.25, 0.3) is 5.70 Å². The Labute approximate surface area is 196 Å². The van der Waals surface area contributed by atoms with Gasteiger partial charge in [-0.1, -0.05) is 31.2 Å². The normalized spacial score (nSPS) is 13.7. The number of nitrogens with one attached hydrogen (secondary N) is 2. The highest BCUT2D eigenvalue weighted by molar-refractivity contribution is 5.84. The molecule has 7 heteroatoms. The molecule has 0 saturated carbocycles. The van der Waals surface area contributed by atoms with Crippen molar-refractivity contribution in [3.63, 3.8) is 0 Å². The van der Waals surface area contributed by atoms with Gasteiger partial charge in [0, 0.05) is 31.3 Å². The van der Waals surface area contributed by atoms with Gasteiger partial charge in [-0.25, -0.2) is 4.98 Å². The van der Waals surface area contributed by atoms with E-state index >= 15 is 0 Å². The zero-order chi connectivity index (χ0) is 23.5. The summed E-state index contributed by atoms with van der Waals surface area (Å²) in [5.74, 6) is -0.0738. The molecule has 1 aromatic carbocycles. The third kappa shape index (κ3) is 7.02. The smallest absolute Gasteiger partial charge is 0.242 e. The molecule has 0 fully saturated rings. The number of carbonyl (C=O) groups excluding carboxylic acids is 2. The van der Waals surface area contributed by atoms with Crippen molar-refractivity contribution in [1.29, 1.82) is 0 Å². The molecule has 1 aromatic heterocycles. The molecule has 1 aliphatic heterocycles. The first-order valence-electron chi connectivity index (χ1n) is 11.9. The molecule has 1 atom stereocenters. The maximum Gasteiger partial charge on any atom is 0.242 e. The molecule has 0 spiro atoms. The maximum atomic E-state index is 12.4. The zero-order valence-electron chi connectivity index (χ0n) is 19.6. The van der Waals surface area contributed by atoms with Crippen molar-refractivity contribution in [3.8, 4) is 0 Å². The summed E-state index contributed by atoms with van der Waals surface area (Å²) in [6.07, 6.45) is 11.5. The molecule has 2 N–H and O–H groups in total. The van der Waals surface area contributed by atoms with E-state index in [-0.39, 0.29) is 11.9 Å². The minimum absolute atomic E-state index is 0.0738. The van der Waals surface area contributed by atoms with Gasteiger partial charge >= 0.3 is 0 Å². The van der Waals surface area contributed by atoms with Gasteiger partial charge in [0.2, 0.25) is 5.91 Å². The number of hydrogen-bond donors (Lipinski definition) is 2. The van der Waals surface area contributed by atoms with E-state index in [2.05, 4.69) is 40.4 Å². The highest BCUT2D eigenvalue weighted by atomic mass is 16.3. The van der Waals surface area contributed by atoms with Gasteiger partial charge < -0.3 is 24.7 Å². The molecule has 3 rings (SSSR count). The second-order valence-electron chi connectivity index (χ2n) is 8.58. The number of carbonyl (C=O) groups is 2. The number of amides is 1. The summed E-state index contributed by atoms with van der Waals surface area (Å²) >= 11 is 0. The first-order valence-corrected chi connectivity index (χ1v) is 11.9. The molecular formula is C26H36N4O3. The number of unbranched alkanes of at least 4 members (excludes halogenated alkanes) is 2. The molecule has 7 nitrogen and oxygen atoms in total. The third-order valence-corrected chi connectivity index (χ3v) is 6.24. The minimum Gasteiger partial charge on any atom is -0.451 e. The third-order valence-electron chi connectivity index (χ3n) is 6.24. The Bertz CT molecular complexity index is 910. The second kappa shape index (κ2) is 12.9. The highest BCUT2D eigenvalue weighted by Crippen LogP contribution is 2.35. The van der Waals surface area contributed by atoms with Crippen molar-refractivity contribution in [2.24, 2.45) is 0 Å². The monoisotopic (exact) mass is 452 g/mol. The van der Waals surface area contributed by atoms with Gasteiger partial charge in [0.1, 0.15) is 18.6 Å². The quantitative estimate of drug-likeness (QED) is 0.318. The van der Waals surface area contributed by atoms with E-state index < -0.39 is 0 Å². The maximum absolute atomic E-state index is 12.4. The largest absolute Gasteiger partial charge is 0.451 e. The summed E-state index contributed by atoms with van der Waals surface area (Å²) in [5, 5.41) is 6.26. The van der Waals surface area contributed by atoms with Crippen LogP contribution in [-0.4, -0.2) is 48.3 Å². The van der Waals surface area contributed by atoms with Gasteiger partial charge in [0.25, 0.3) is 0 Å². The molecule has 1 unspecified atom stereocenters. The van der Waals surface area contributed by atoms with E-state index in [1.807, 2.05) is 4.90 Å². The van der Waals surface area contributed by atoms with Gasteiger partial charge in [0.05, 0.1) is 5.69 Å². The van der Waals surface area contributed by atoms with Gasteiger partial charge in [0.15, 0.2) is 6.39 Å². The molecule has 0 aliphatic carbocycles. The van der Waals surface area contributed by atoms with Crippen molar-refractivity contribution in [2.45, 2.75) is 64.0 Å². The van der Waals surface area contributed by atoms with Crippen molar-refractivity contribution in [2.75, 3.05) is 20.1 Å². The van der Waals surface area contributed by atoms with Crippen LogP contribution in [0.2, 0.25) is 0 Å². The predicted molar refractivity (Wildman–Crippen MR) is 129 cm³/mol. The highest BCUT2D eigenvalue weighted by Gasteiger charge is 2.32. The van der Waals surface area contributed by atoms with E-state index in [0.717, 1.165) is 62.0 Å². The van der Waals surface area contributed by atoms with Crippen LogP contribution in [0, 0.1) is 0 Å². The molecule has 33 heavy (non-hydrogen) atoms. The number of nitrogens with zero attached hydrogens (tertiary/aromatic N) is 2. The minimum atomic E-state index is -0.372. The average Bonchev–Trinajstić information content (AvgIpc) is 3.46. The summed E-state index contributed by atoms with van der Waals surface area (Å²) in [7, 11) is 1.63. The summed E-state index contributed by atoms with van der Waals surface area (Å²) in [4.78, 5) is 29.4. The number of aldehydes is 1. The molecule has 1 amide bonds. The number of aryl methyl sites for hydroxylation is 2. The van der Waals surface area contributed by atoms with E-state index in [1.54, 1.807) is 13.3 Å². The van der Waals surface area contributed by atoms with E-state index in [0.29, 0.717) is 19.4 Å². The molecule has 2 aromatic rings. The Morgan fingerprint density at radius 3 is 2.85 bits per heavy atom. The van der Waals surface area contributed by atoms with Crippen LogP contribution >= 0.6 is 0 Å². The van der Waals surface area contributed by atoms with E-state index in [9.17, 15) is 9.59 Å². The first-order chi connectivity index (χ1) is 16.1. The average molecular weight is 453 g/mol. The van der Waals surface area contributed by atoms with Gasteiger partial charge in [-0.15, -0.1) is 0 Å². The number of hydrogen-bond acceptors (Lipinski definition) is 6. The fourth-order valence-corrected chi connectivity index (χ4v) is 4.40. The summed E-state index contributed by atoms with van der Waals surface area (Å²) < 4.78 is 4.99. The van der Waals surface area contributed by atoms with Crippen LogP contribution in [0.1, 0.15) is 60.9 Å². The molecule has 2 heterocycles. The Kier molecular flexibility index (Phi) is 9.69. The van der Waals surface area contributed by atoms with Crippen LogP contribution in [-0.2, 0) is 29.0 Å². The number of oxazole rings is 1. The lowest BCUT2D eigenvalue weighted by Crippen LogP contribution is -2.42. The summed E-state index contributed by atoms with van der Waals surface area (Å²) in [6, 6.07) is 6.15. The van der Waals surface area contributed by atoms with Crippen LogP contribution in [0.5, 0.6) is 0 Å². The second-order valence-corrected chi connectivity index (χ2v) is 8.58. The number of benzene rings is 1. The molecular weight excluding hydrogens is 416 g/mol. The SMILES string of the molecule is C=C1c2ccc(CCCNCCCCCc3cocn3)cc2CN1C(CCC=O)C(=O)NC. The molecule has 178 valence electrons. The van der Waals surface area contributed by atoms with E-state index in [1.165, 1.54) is 30.4 Å². The Morgan fingerprint density at radius 2 is 2.09 bits per heavy atom. The van der Waals surface area contributed by atoms with Gasteiger partial charge in [-0.2, -0.15) is 0 Å². The van der Waals surface area contributed by atoms with Gasteiger partial charge in [-0.05, 0) is 62.7 Å². The molecule has 0 radical (unpaired) electrons. The molecule has 0 saturated heterocycles. The Morgan fingerprint density at radius 1 is 1.24 bits per heavy atom. The van der Waals surface area contributed by atoms with Gasteiger partial charge in [-0.3, -0.25) is 4.79 Å². The summed E-state index contributed by atoms with van der Waals surface area (Å²) in [6.45, 7) is 6.93. The number of rotatable bonds is 15. The summed E-state index contributed by atoms with van der Waals surface area (Å²) in [5.41, 5.74) is 5.51. The Balaban J connectivity index is 1.38. The first kappa shape index (κ1) is 24.7. The Hall–Kier alpha value is -2.93. The lowest BCUT2D eigenvalue weighted by atomic mass is 10.0. The topological polar surface area (TPSA) is 87.5 Å². The standard InChI is InChI=1S/C26H36N4O3/c1-20-24-12-11-21(8-6-14-28-13-5-3-4-9-23-18-33-19-29-23)16-22(24)17-30(20)25(10-7-15-31)26(32)27-2/h11-12,15-16,18-19,25,28H,1,3-10,13-14,17H2,2H3,(H,27,32). The van der Waals surface area contributed by atoms with E-state index in [4.69, 9.17) is 4.42 Å². The number of aromatic nitrogens is 1. The van der Waals surface area contributed by atoms with Crippen molar-refractivity contribution < 1.29 is 14.0 Å². The van der Waals surface area contributed by atoms with Crippen molar-refractivity contribution >= 4 is 17.9 Å². The van der Waals surface area contributed by atoms with Crippen molar-refractivity contribution in [1.82, 2.24) is 20.5 Å². The van der Waals surface area contributed by atoms with Crippen LogP contribution in [0.4, 0.5) is 0 Å². The van der Waals surface area contributed by atoms with Crippen LogP contribution in [0.3, 0.4) is 0 Å². The number of fused-ring (bicyclic) bond motifs is 1. The van der Waals surface area contributed by atoms with Crippen LogP contribution in [0.15, 0.2) is 41.9 Å².